The largest absolute Gasteiger partial charge is 0.356 e. The van der Waals surface area contributed by atoms with Gasteiger partial charge in [0, 0.05) is 18.2 Å². The molecule has 5 nitrogen and oxygen atoms in total. The van der Waals surface area contributed by atoms with Crippen LogP contribution in [-0.2, 0) is 4.79 Å². The van der Waals surface area contributed by atoms with Crippen LogP contribution < -0.4 is 10.6 Å². The first-order valence-corrected chi connectivity index (χ1v) is 10.5. The van der Waals surface area contributed by atoms with Crippen molar-refractivity contribution in [3.8, 4) is 11.3 Å². The normalized spacial score (nSPS) is 10.6. The number of carbonyl (C=O) groups is 2. The lowest BCUT2D eigenvalue weighted by Crippen LogP contribution is -2.24. The van der Waals surface area contributed by atoms with Crippen LogP contribution in [0, 0.1) is 11.6 Å². The Bertz CT molecular complexity index is 1030. The van der Waals surface area contributed by atoms with Gasteiger partial charge < -0.3 is 10.6 Å². The van der Waals surface area contributed by atoms with Gasteiger partial charge in [0.1, 0.15) is 22.3 Å². The summed E-state index contributed by atoms with van der Waals surface area (Å²) < 4.78 is 27.7. The molecule has 1 aromatic heterocycles. The van der Waals surface area contributed by atoms with Crippen LogP contribution in [0.25, 0.3) is 11.3 Å². The van der Waals surface area contributed by atoms with Gasteiger partial charge >= 0.3 is 0 Å². The minimum absolute atomic E-state index is 0.118. The van der Waals surface area contributed by atoms with E-state index in [1.54, 1.807) is 0 Å². The molecule has 0 fully saturated rings. The number of amides is 2. The van der Waals surface area contributed by atoms with Crippen LogP contribution in [0.2, 0.25) is 0 Å². The molecule has 150 valence electrons. The summed E-state index contributed by atoms with van der Waals surface area (Å²) in [5.74, 6) is -2.34. The Morgan fingerprint density at radius 1 is 1.14 bits per heavy atom. The monoisotopic (exact) mass is 433 g/mol. The predicted octanol–water partition coefficient (Wildman–Crippen LogP) is 4.57. The number of aromatic nitrogens is 1. The van der Waals surface area contributed by atoms with Gasteiger partial charge in [-0.25, -0.2) is 13.8 Å². The quantitative estimate of drug-likeness (QED) is 0.536. The maximum Gasteiger partial charge on any atom is 0.259 e. The number of nitrogens with zero attached hydrogens (tertiary/aromatic N) is 1. The van der Waals surface area contributed by atoms with Crippen molar-refractivity contribution in [3.05, 3.63) is 65.7 Å². The van der Waals surface area contributed by atoms with Crippen molar-refractivity contribution < 1.29 is 18.4 Å². The number of nitrogens with one attached hydrogen (secondary N) is 2. The fourth-order valence-electron chi connectivity index (χ4n) is 2.46. The van der Waals surface area contributed by atoms with Crippen LogP contribution in [0.3, 0.4) is 0 Å². The lowest BCUT2D eigenvalue weighted by Gasteiger charge is -2.06. The summed E-state index contributed by atoms with van der Waals surface area (Å²) >= 11 is 2.44. The zero-order valence-electron chi connectivity index (χ0n) is 15.4. The zero-order valence-corrected chi connectivity index (χ0v) is 17.0. The Hall–Kier alpha value is -2.78. The lowest BCUT2D eigenvalue weighted by atomic mass is 10.1. The summed E-state index contributed by atoms with van der Waals surface area (Å²) in [6.45, 7) is 2.37. The highest BCUT2D eigenvalue weighted by molar-refractivity contribution is 8.01. The predicted molar refractivity (Wildman–Crippen MR) is 111 cm³/mol. The topological polar surface area (TPSA) is 71.1 Å². The molecule has 0 bridgehead atoms. The molecule has 0 saturated carbocycles. The third-order valence-corrected chi connectivity index (χ3v) is 5.87. The molecule has 0 aliphatic heterocycles. The van der Waals surface area contributed by atoms with Gasteiger partial charge in [-0.05, 0) is 19.1 Å². The third-order valence-electron chi connectivity index (χ3n) is 3.76. The standard InChI is InChI=1S/C20H17F2N3O2S2/c1-2-23-16(26)11-28-20-24-17(12-6-4-3-5-7-12)19(29-20)25-18(27)14-9-8-13(21)10-15(14)22/h3-10H,2,11H2,1H3,(H,23,26)(H,25,27). The van der Waals surface area contributed by atoms with Gasteiger partial charge in [-0.3, -0.25) is 9.59 Å². The van der Waals surface area contributed by atoms with Crippen molar-refractivity contribution in [3.63, 3.8) is 0 Å². The Morgan fingerprint density at radius 2 is 1.90 bits per heavy atom. The molecule has 0 spiro atoms. The Kier molecular flexibility index (Phi) is 6.95. The van der Waals surface area contributed by atoms with Crippen LogP contribution in [-0.4, -0.2) is 29.1 Å². The number of hydrogen-bond donors (Lipinski definition) is 2. The second kappa shape index (κ2) is 9.62. The minimum Gasteiger partial charge on any atom is -0.356 e. The molecule has 0 aliphatic carbocycles. The van der Waals surface area contributed by atoms with Crippen LogP contribution in [0.1, 0.15) is 17.3 Å². The van der Waals surface area contributed by atoms with E-state index < -0.39 is 17.5 Å². The first-order chi connectivity index (χ1) is 14.0. The van der Waals surface area contributed by atoms with E-state index in [2.05, 4.69) is 15.6 Å². The summed E-state index contributed by atoms with van der Waals surface area (Å²) in [7, 11) is 0. The van der Waals surface area contributed by atoms with Crippen LogP contribution in [0.15, 0.2) is 52.9 Å². The first kappa shape index (κ1) is 20.9. The van der Waals surface area contributed by atoms with Gasteiger partial charge in [-0.1, -0.05) is 53.4 Å². The average Bonchev–Trinajstić information content (AvgIpc) is 3.10. The summed E-state index contributed by atoms with van der Waals surface area (Å²) in [6, 6.07) is 12.0. The minimum atomic E-state index is -0.945. The summed E-state index contributed by atoms with van der Waals surface area (Å²) in [6.07, 6.45) is 0. The van der Waals surface area contributed by atoms with Gasteiger partial charge in [-0.2, -0.15) is 0 Å². The highest BCUT2D eigenvalue weighted by Crippen LogP contribution is 2.37. The van der Waals surface area contributed by atoms with Gasteiger partial charge in [0.05, 0.1) is 11.3 Å². The number of thioether (sulfide) groups is 1. The van der Waals surface area contributed by atoms with E-state index in [1.165, 1.54) is 23.1 Å². The molecule has 0 atom stereocenters. The number of rotatable bonds is 7. The zero-order chi connectivity index (χ0) is 20.8. The molecule has 1 heterocycles. The van der Waals surface area contributed by atoms with Gasteiger partial charge in [0.15, 0.2) is 4.34 Å². The highest BCUT2D eigenvalue weighted by Gasteiger charge is 2.19. The summed E-state index contributed by atoms with van der Waals surface area (Å²) in [4.78, 5) is 28.8. The first-order valence-electron chi connectivity index (χ1n) is 8.70. The van der Waals surface area contributed by atoms with E-state index in [9.17, 15) is 18.4 Å². The molecule has 0 aliphatic rings. The number of hydrogen-bond acceptors (Lipinski definition) is 5. The molecule has 2 amide bonds. The van der Waals surface area contributed by atoms with Crippen molar-refractivity contribution in [1.29, 1.82) is 0 Å². The average molecular weight is 434 g/mol. The smallest absolute Gasteiger partial charge is 0.259 e. The molecular weight excluding hydrogens is 416 g/mol. The van der Waals surface area contributed by atoms with Gasteiger partial charge in [-0.15, -0.1) is 0 Å². The SMILES string of the molecule is CCNC(=O)CSc1nc(-c2ccccc2)c(NC(=O)c2ccc(F)cc2F)s1. The fourth-order valence-corrected chi connectivity index (χ4v) is 4.35. The molecule has 2 N–H and O–H groups in total. The second-order valence-corrected chi connectivity index (χ2v) is 8.07. The van der Waals surface area contributed by atoms with E-state index in [-0.39, 0.29) is 17.2 Å². The number of anilines is 1. The van der Waals surface area contributed by atoms with Crippen LogP contribution in [0.4, 0.5) is 13.8 Å². The van der Waals surface area contributed by atoms with Crippen LogP contribution >= 0.6 is 23.1 Å². The lowest BCUT2D eigenvalue weighted by molar-refractivity contribution is -0.118. The van der Waals surface area contributed by atoms with Crippen molar-refractivity contribution >= 4 is 39.9 Å². The fraction of sp³-hybridized carbons (Fsp3) is 0.150. The molecule has 2 aromatic carbocycles. The Balaban J connectivity index is 1.87. The number of carbonyl (C=O) groups excluding carboxylic acids is 2. The number of benzene rings is 2. The molecule has 9 heteroatoms. The molecule has 29 heavy (non-hydrogen) atoms. The van der Waals surface area contributed by atoms with Crippen molar-refractivity contribution in [2.75, 3.05) is 17.6 Å². The molecular formula is C20H17F2N3O2S2. The van der Waals surface area contributed by atoms with Crippen molar-refractivity contribution in [1.82, 2.24) is 10.3 Å². The Morgan fingerprint density at radius 3 is 2.59 bits per heavy atom. The van der Waals surface area contributed by atoms with E-state index >= 15 is 0 Å². The molecule has 0 radical (unpaired) electrons. The molecule has 3 rings (SSSR count). The summed E-state index contributed by atoms with van der Waals surface area (Å²) in [5.41, 5.74) is 1.02. The second-order valence-electron chi connectivity index (χ2n) is 5.84. The summed E-state index contributed by atoms with van der Waals surface area (Å²) in [5, 5.41) is 5.79. The molecule has 3 aromatic rings. The maximum absolute atomic E-state index is 14.0. The van der Waals surface area contributed by atoms with E-state index in [0.717, 1.165) is 17.7 Å². The molecule has 0 saturated heterocycles. The van der Waals surface area contributed by atoms with Crippen LogP contribution in [0.5, 0.6) is 0 Å². The molecule has 0 unspecified atom stereocenters. The van der Waals surface area contributed by atoms with E-state index in [0.29, 0.717) is 27.6 Å². The van der Waals surface area contributed by atoms with Gasteiger partial charge in [0.25, 0.3) is 5.91 Å². The third kappa shape index (κ3) is 5.39. The Labute approximate surface area is 174 Å². The van der Waals surface area contributed by atoms with Gasteiger partial charge in [0.2, 0.25) is 5.91 Å². The number of halogens is 2. The maximum atomic E-state index is 14.0. The highest BCUT2D eigenvalue weighted by atomic mass is 32.2. The number of thiazole rings is 1. The van der Waals surface area contributed by atoms with E-state index in [1.807, 2.05) is 37.3 Å². The van der Waals surface area contributed by atoms with E-state index in [4.69, 9.17) is 0 Å². The van der Waals surface area contributed by atoms with Crippen molar-refractivity contribution in [2.45, 2.75) is 11.3 Å². The van der Waals surface area contributed by atoms with Crippen molar-refractivity contribution in [2.24, 2.45) is 0 Å².